The number of nitrogens with one attached hydrogen (secondary N) is 2. The minimum absolute atomic E-state index is 0.0668. The minimum Gasteiger partial charge on any atom is -0.497 e. The maximum Gasteiger partial charge on any atom is 0.250 e. The van der Waals surface area contributed by atoms with E-state index in [2.05, 4.69) is 10.6 Å². The normalized spacial score (nSPS) is 28.1. The number of methoxy groups -OCH3 is 1. The highest BCUT2D eigenvalue weighted by molar-refractivity contribution is 6.15. The summed E-state index contributed by atoms with van der Waals surface area (Å²) >= 11 is 0. The first kappa shape index (κ1) is 20.2. The molecule has 2 saturated heterocycles. The molecule has 0 saturated carbocycles. The van der Waals surface area contributed by atoms with E-state index in [-0.39, 0.29) is 13.0 Å². The molecule has 0 bridgehead atoms. The van der Waals surface area contributed by atoms with Crippen LogP contribution in [0.25, 0.3) is 0 Å². The van der Waals surface area contributed by atoms with Gasteiger partial charge < -0.3 is 15.8 Å². The highest BCUT2D eigenvalue weighted by atomic mass is 16.5. The van der Waals surface area contributed by atoms with Crippen molar-refractivity contribution in [3.05, 3.63) is 59.7 Å². The van der Waals surface area contributed by atoms with Crippen LogP contribution in [-0.2, 0) is 31.3 Å². The van der Waals surface area contributed by atoms with E-state index in [0.717, 1.165) is 5.56 Å². The van der Waals surface area contributed by atoms with Gasteiger partial charge in [0.05, 0.1) is 25.5 Å². The lowest BCUT2D eigenvalue weighted by atomic mass is 9.76. The second-order valence-electron chi connectivity index (χ2n) is 8.34. The maximum atomic E-state index is 13.6. The summed E-state index contributed by atoms with van der Waals surface area (Å²) in [6.45, 7) is 0.0668. The van der Waals surface area contributed by atoms with Crippen molar-refractivity contribution in [2.45, 2.75) is 24.5 Å². The quantitative estimate of drug-likeness (QED) is 0.587. The summed E-state index contributed by atoms with van der Waals surface area (Å²) in [7, 11) is 1.56. The molecule has 9 heteroatoms. The number of nitrogens with two attached hydrogens (primary N) is 1. The first-order chi connectivity index (χ1) is 15.4. The van der Waals surface area contributed by atoms with E-state index in [1.165, 1.54) is 4.90 Å². The zero-order valence-corrected chi connectivity index (χ0v) is 17.3. The topological polar surface area (TPSA) is 131 Å². The van der Waals surface area contributed by atoms with Crippen LogP contribution in [0.15, 0.2) is 48.5 Å². The van der Waals surface area contributed by atoms with Crippen LogP contribution in [0, 0.1) is 11.8 Å². The molecule has 4 amide bonds. The lowest BCUT2D eigenvalue weighted by molar-refractivity contribution is -0.143. The third-order valence-electron chi connectivity index (χ3n) is 6.63. The van der Waals surface area contributed by atoms with Crippen molar-refractivity contribution in [2.24, 2.45) is 17.6 Å². The number of ether oxygens (including phenoxy) is 1. The number of primary amides is 1. The fraction of sp³-hybridized carbons (Fsp3) is 0.304. The molecule has 4 atom stereocenters. The molecule has 0 aliphatic carbocycles. The number of imide groups is 1. The van der Waals surface area contributed by atoms with E-state index in [0.29, 0.717) is 17.0 Å². The van der Waals surface area contributed by atoms with Gasteiger partial charge in [-0.25, -0.2) is 0 Å². The maximum absolute atomic E-state index is 13.6. The molecule has 0 radical (unpaired) electrons. The summed E-state index contributed by atoms with van der Waals surface area (Å²) in [6, 6.07) is 13.4. The summed E-state index contributed by atoms with van der Waals surface area (Å²) in [5.41, 5.74) is 5.93. The molecule has 2 aromatic rings. The number of nitrogens with zero attached hydrogens (tertiary/aromatic N) is 1. The van der Waals surface area contributed by atoms with Crippen LogP contribution in [0.5, 0.6) is 5.75 Å². The van der Waals surface area contributed by atoms with E-state index < -0.39 is 47.0 Å². The average Bonchev–Trinajstić information content (AvgIpc) is 3.34. The molecule has 2 fully saturated rings. The molecule has 3 heterocycles. The van der Waals surface area contributed by atoms with E-state index in [9.17, 15) is 19.2 Å². The molecule has 9 nitrogen and oxygen atoms in total. The molecular weight excluding hydrogens is 412 g/mol. The van der Waals surface area contributed by atoms with Gasteiger partial charge >= 0.3 is 0 Å². The Hall–Kier alpha value is -3.72. The monoisotopic (exact) mass is 434 g/mol. The van der Waals surface area contributed by atoms with E-state index in [1.54, 1.807) is 55.6 Å². The predicted octanol–water partition coefficient (Wildman–Crippen LogP) is 0.491. The van der Waals surface area contributed by atoms with Gasteiger partial charge in [-0.1, -0.05) is 30.3 Å². The number of carbonyl (C=O) groups is 4. The molecule has 1 spiro atoms. The summed E-state index contributed by atoms with van der Waals surface area (Å²) in [4.78, 5) is 53.2. The van der Waals surface area contributed by atoms with Crippen molar-refractivity contribution < 1.29 is 23.9 Å². The molecule has 4 unspecified atom stereocenters. The van der Waals surface area contributed by atoms with E-state index in [4.69, 9.17) is 10.5 Å². The van der Waals surface area contributed by atoms with Crippen molar-refractivity contribution in [1.29, 1.82) is 0 Å². The van der Waals surface area contributed by atoms with Gasteiger partial charge in [0.2, 0.25) is 23.6 Å². The van der Waals surface area contributed by atoms with Gasteiger partial charge in [0.15, 0.2) is 0 Å². The van der Waals surface area contributed by atoms with Gasteiger partial charge in [0.1, 0.15) is 11.3 Å². The van der Waals surface area contributed by atoms with Crippen LogP contribution in [0.1, 0.15) is 17.5 Å². The zero-order valence-electron chi connectivity index (χ0n) is 17.3. The van der Waals surface area contributed by atoms with Crippen molar-refractivity contribution in [1.82, 2.24) is 10.2 Å². The summed E-state index contributed by atoms with van der Waals surface area (Å²) in [5, 5.41) is 5.98. The number of hydrogen-bond acceptors (Lipinski definition) is 6. The Bertz CT molecular complexity index is 1150. The number of rotatable bonds is 5. The van der Waals surface area contributed by atoms with Gasteiger partial charge in [-0.2, -0.15) is 0 Å². The molecule has 164 valence electrons. The number of fused-ring (bicyclic) bond motifs is 4. The van der Waals surface area contributed by atoms with Crippen LogP contribution in [0.2, 0.25) is 0 Å². The van der Waals surface area contributed by atoms with Crippen molar-refractivity contribution >= 4 is 29.3 Å². The summed E-state index contributed by atoms with van der Waals surface area (Å²) in [5.74, 6) is -3.06. The summed E-state index contributed by atoms with van der Waals surface area (Å²) < 4.78 is 5.16. The van der Waals surface area contributed by atoms with Crippen molar-refractivity contribution in [2.75, 3.05) is 12.4 Å². The molecule has 32 heavy (non-hydrogen) atoms. The van der Waals surface area contributed by atoms with Gasteiger partial charge in [-0.15, -0.1) is 0 Å². The fourth-order valence-electron chi connectivity index (χ4n) is 5.28. The number of likely N-dealkylation sites (tertiary alicyclic amines) is 1. The van der Waals surface area contributed by atoms with Crippen LogP contribution < -0.4 is 21.1 Å². The van der Waals surface area contributed by atoms with Crippen LogP contribution in [-0.4, -0.2) is 41.7 Å². The Morgan fingerprint density at radius 1 is 1.09 bits per heavy atom. The number of hydrogen-bond donors (Lipinski definition) is 3. The van der Waals surface area contributed by atoms with Gasteiger partial charge in [0.25, 0.3) is 0 Å². The van der Waals surface area contributed by atoms with Crippen molar-refractivity contribution in [3.63, 3.8) is 0 Å². The predicted molar refractivity (Wildman–Crippen MR) is 113 cm³/mol. The molecule has 3 aliphatic rings. The number of para-hydroxylation sites is 1. The third kappa shape index (κ3) is 2.74. The van der Waals surface area contributed by atoms with E-state index >= 15 is 0 Å². The number of amides is 4. The molecular formula is C23H22N4O5. The standard InChI is InChI=1S/C23H22N4O5/c1-32-13-8-6-12(7-9-13)11-27-20(29)18-16(10-17(24)28)26-23(19(18)21(27)30)14-4-2-3-5-15(14)25-22(23)31/h2-9,16,18-19,26H,10-11H2,1H3,(H2,24,28)(H,25,31). The Balaban J connectivity index is 1.56. The van der Waals surface area contributed by atoms with Crippen molar-refractivity contribution in [3.8, 4) is 5.75 Å². The Kier molecular flexibility index (Phi) is 4.52. The first-order valence-corrected chi connectivity index (χ1v) is 10.3. The number of carbonyl (C=O) groups excluding carboxylic acids is 4. The van der Waals surface area contributed by atoms with Gasteiger partial charge in [0, 0.05) is 23.7 Å². The van der Waals surface area contributed by atoms with Crippen LogP contribution in [0.4, 0.5) is 5.69 Å². The SMILES string of the molecule is COc1ccc(CN2C(=O)C3C(CC(N)=O)NC4(C(=O)Nc5ccccc54)C3C2=O)cc1. The number of benzene rings is 2. The second kappa shape index (κ2) is 7.16. The largest absolute Gasteiger partial charge is 0.497 e. The molecule has 0 aromatic heterocycles. The van der Waals surface area contributed by atoms with Gasteiger partial charge in [-0.05, 0) is 23.8 Å². The highest BCUT2D eigenvalue weighted by Gasteiger charge is 2.70. The molecule has 5 rings (SSSR count). The zero-order chi connectivity index (χ0) is 22.6. The first-order valence-electron chi connectivity index (χ1n) is 10.3. The second-order valence-corrected chi connectivity index (χ2v) is 8.34. The number of anilines is 1. The molecule has 2 aromatic carbocycles. The van der Waals surface area contributed by atoms with Crippen LogP contribution >= 0.6 is 0 Å². The Labute approximate surface area is 183 Å². The van der Waals surface area contributed by atoms with Crippen LogP contribution in [0.3, 0.4) is 0 Å². The third-order valence-corrected chi connectivity index (χ3v) is 6.63. The Morgan fingerprint density at radius 2 is 1.81 bits per heavy atom. The molecule has 3 aliphatic heterocycles. The molecule has 4 N–H and O–H groups in total. The Morgan fingerprint density at radius 3 is 2.50 bits per heavy atom. The lowest BCUT2D eigenvalue weighted by Crippen LogP contribution is -2.53. The smallest absolute Gasteiger partial charge is 0.250 e. The van der Waals surface area contributed by atoms with E-state index in [1.807, 2.05) is 0 Å². The minimum atomic E-state index is -1.43. The summed E-state index contributed by atoms with van der Waals surface area (Å²) in [6.07, 6.45) is -0.159. The van der Waals surface area contributed by atoms with Gasteiger partial charge in [-0.3, -0.25) is 29.4 Å². The highest BCUT2D eigenvalue weighted by Crippen LogP contribution is 2.53. The average molecular weight is 434 g/mol. The lowest BCUT2D eigenvalue weighted by Gasteiger charge is -2.29. The fourth-order valence-corrected chi connectivity index (χ4v) is 5.28.